The van der Waals surface area contributed by atoms with Gasteiger partial charge in [0.2, 0.25) is 5.91 Å². The quantitative estimate of drug-likeness (QED) is 0.884. The van der Waals surface area contributed by atoms with Crippen molar-refractivity contribution in [3.63, 3.8) is 0 Å². The van der Waals surface area contributed by atoms with Gasteiger partial charge in [0.1, 0.15) is 0 Å². The lowest BCUT2D eigenvalue weighted by Crippen LogP contribution is -2.38. The highest BCUT2D eigenvalue weighted by molar-refractivity contribution is 5.92. The third kappa shape index (κ3) is 5.33. The van der Waals surface area contributed by atoms with Crippen LogP contribution in [-0.4, -0.2) is 55.0 Å². The second-order valence-electron chi connectivity index (χ2n) is 7.16. The minimum atomic E-state index is -0.0748. The summed E-state index contributed by atoms with van der Waals surface area (Å²) in [5, 5.41) is 2.96. The van der Waals surface area contributed by atoms with Gasteiger partial charge in [0.15, 0.2) is 0 Å². The van der Waals surface area contributed by atoms with E-state index in [1.165, 1.54) is 12.5 Å². The van der Waals surface area contributed by atoms with E-state index in [1.807, 2.05) is 35.2 Å². The molecule has 1 N–H and O–H groups in total. The number of rotatable bonds is 4. The molecule has 2 aromatic rings. The molecule has 0 atom stereocenters. The largest absolute Gasteiger partial charge is 0.323 e. The van der Waals surface area contributed by atoms with Gasteiger partial charge >= 0.3 is 6.03 Å². The number of carbonyl (C=O) groups is 2. The maximum atomic E-state index is 12.6. The molecule has 0 saturated carbocycles. The maximum Gasteiger partial charge on any atom is 0.321 e. The third-order valence-corrected chi connectivity index (χ3v) is 5.10. The van der Waals surface area contributed by atoms with Gasteiger partial charge in [0.05, 0.1) is 0 Å². The standard InChI is InChI=1S/C22H28N4O2/c1-18(27)24(2)21-11-9-20(10-12-21)23-22(28)26-14-6-13-25(15-16-26)17-19-7-4-3-5-8-19/h3-5,7-12H,6,13-17H2,1-2H3,(H,23,28). The van der Waals surface area contributed by atoms with Gasteiger partial charge in [0, 0.05) is 58.1 Å². The summed E-state index contributed by atoms with van der Waals surface area (Å²) in [4.78, 5) is 29.9. The first-order chi connectivity index (χ1) is 13.5. The van der Waals surface area contributed by atoms with Crippen LogP contribution in [0.15, 0.2) is 54.6 Å². The first kappa shape index (κ1) is 19.9. The Kier molecular flexibility index (Phi) is 6.66. The minimum absolute atomic E-state index is 0.0265. The van der Waals surface area contributed by atoms with Crippen LogP contribution in [0.2, 0.25) is 0 Å². The van der Waals surface area contributed by atoms with Crippen molar-refractivity contribution in [3.05, 3.63) is 60.2 Å². The first-order valence-corrected chi connectivity index (χ1v) is 9.69. The number of anilines is 2. The van der Waals surface area contributed by atoms with E-state index in [1.54, 1.807) is 11.9 Å². The number of hydrogen-bond acceptors (Lipinski definition) is 3. The Bertz CT molecular complexity index is 792. The van der Waals surface area contributed by atoms with Crippen molar-refractivity contribution in [1.29, 1.82) is 0 Å². The molecule has 0 unspecified atom stereocenters. The molecule has 0 radical (unpaired) electrons. The van der Waals surface area contributed by atoms with E-state index in [4.69, 9.17) is 0 Å². The first-order valence-electron chi connectivity index (χ1n) is 9.69. The normalized spacial score (nSPS) is 15.0. The number of nitrogens with zero attached hydrogens (tertiary/aromatic N) is 3. The van der Waals surface area contributed by atoms with Gasteiger partial charge < -0.3 is 15.1 Å². The molecule has 3 rings (SSSR count). The van der Waals surface area contributed by atoms with E-state index in [-0.39, 0.29) is 11.9 Å². The molecule has 148 valence electrons. The molecule has 0 spiro atoms. The predicted molar refractivity (Wildman–Crippen MR) is 112 cm³/mol. The van der Waals surface area contributed by atoms with Crippen molar-refractivity contribution in [2.75, 3.05) is 43.4 Å². The summed E-state index contributed by atoms with van der Waals surface area (Å²) in [6.45, 7) is 5.76. The summed E-state index contributed by atoms with van der Waals surface area (Å²) in [6.07, 6.45) is 0.961. The average molecular weight is 380 g/mol. The topological polar surface area (TPSA) is 55.9 Å². The summed E-state index contributed by atoms with van der Waals surface area (Å²) >= 11 is 0. The van der Waals surface area contributed by atoms with E-state index in [0.29, 0.717) is 6.54 Å². The van der Waals surface area contributed by atoms with Crippen molar-refractivity contribution in [1.82, 2.24) is 9.80 Å². The fraction of sp³-hybridized carbons (Fsp3) is 0.364. The molecular formula is C22H28N4O2. The van der Waals surface area contributed by atoms with Gasteiger partial charge in [-0.15, -0.1) is 0 Å². The number of benzene rings is 2. The molecule has 0 bridgehead atoms. The van der Waals surface area contributed by atoms with Gasteiger partial charge in [-0.2, -0.15) is 0 Å². The van der Waals surface area contributed by atoms with Gasteiger partial charge in [-0.3, -0.25) is 9.69 Å². The Morgan fingerprint density at radius 1 is 0.964 bits per heavy atom. The zero-order valence-corrected chi connectivity index (χ0v) is 16.6. The molecule has 1 fully saturated rings. The van der Waals surface area contributed by atoms with Crippen molar-refractivity contribution < 1.29 is 9.59 Å². The van der Waals surface area contributed by atoms with Crippen LogP contribution in [-0.2, 0) is 11.3 Å². The van der Waals surface area contributed by atoms with Crippen LogP contribution in [0.3, 0.4) is 0 Å². The molecule has 1 aliphatic rings. The molecule has 1 saturated heterocycles. The number of nitrogens with one attached hydrogen (secondary N) is 1. The second-order valence-corrected chi connectivity index (χ2v) is 7.16. The Hall–Kier alpha value is -2.86. The van der Waals surface area contributed by atoms with Crippen molar-refractivity contribution in [2.45, 2.75) is 19.9 Å². The highest BCUT2D eigenvalue weighted by atomic mass is 16.2. The molecule has 0 aliphatic carbocycles. The summed E-state index contributed by atoms with van der Waals surface area (Å²) in [7, 11) is 1.73. The molecular weight excluding hydrogens is 352 g/mol. The third-order valence-electron chi connectivity index (χ3n) is 5.10. The average Bonchev–Trinajstić information content (AvgIpc) is 2.94. The van der Waals surface area contributed by atoms with E-state index in [2.05, 4.69) is 34.5 Å². The zero-order chi connectivity index (χ0) is 19.9. The summed E-state index contributed by atoms with van der Waals surface area (Å²) < 4.78 is 0. The fourth-order valence-electron chi connectivity index (χ4n) is 3.33. The Balaban J connectivity index is 1.52. The van der Waals surface area contributed by atoms with Crippen LogP contribution in [0.25, 0.3) is 0 Å². The lowest BCUT2D eigenvalue weighted by Gasteiger charge is -2.22. The lowest BCUT2D eigenvalue weighted by molar-refractivity contribution is -0.116. The number of hydrogen-bond donors (Lipinski definition) is 1. The zero-order valence-electron chi connectivity index (χ0n) is 16.6. The van der Waals surface area contributed by atoms with Crippen LogP contribution in [0.5, 0.6) is 0 Å². The van der Waals surface area contributed by atoms with Crippen LogP contribution < -0.4 is 10.2 Å². The predicted octanol–water partition coefficient (Wildman–Crippen LogP) is 3.41. The fourth-order valence-corrected chi connectivity index (χ4v) is 3.33. The van der Waals surface area contributed by atoms with Crippen LogP contribution in [0, 0.1) is 0 Å². The molecule has 0 aromatic heterocycles. The second kappa shape index (κ2) is 9.37. The van der Waals surface area contributed by atoms with Gasteiger partial charge in [-0.1, -0.05) is 30.3 Å². The smallest absolute Gasteiger partial charge is 0.321 e. The molecule has 6 nitrogen and oxygen atoms in total. The lowest BCUT2D eigenvalue weighted by atomic mass is 10.2. The van der Waals surface area contributed by atoms with Gasteiger partial charge in [-0.25, -0.2) is 4.79 Å². The van der Waals surface area contributed by atoms with E-state index < -0.39 is 0 Å². The Morgan fingerprint density at radius 2 is 1.68 bits per heavy atom. The van der Waals surface area contributed by atoms with E-state index >= 15 is 0 Å². The van der Waals surface area contributed by atoms with Crippen LogP contribution in [0.1, 0.15) is 18.9 Å². The van der Waals surface area contributed by atoms with Gasteiger partial charge in [0.25, 0.3) is 0 Å². The minimum Gasteiger partial charge on any atom is -0.323 e. The monoisotopic (exact) mass is 380 g/mol. The van der Waals surface area contributed by atoms with E-state index in [0.717, 1.165) is 44.0 Å². The molecule has 1 heterocycles. The SMILES string of the molecule is CC(=O)N(C)c1ccc(NC(=O)N2CCCN(Cc3ccccc3)CC2)cc1. The highest BCUT2D eigenvalue weighted by Gasteiger charge is 2.19. The van der Waals surface area contributed by atoms with Crippen molar-refractivity contribution in [3.8, 4) is 0 Å². The van der Waals surface area contributed by atoms with Crippen molar-refractivity contribution >= 4 is 23.3 Å². The maximum absolute atomic E-state index is 12.6. The summed E-state index contributed by atoms with van der Waals surface area (Å²) in [6, 6.07) is 17.7. The van der Waals surface area contributed by atoms with Crippen molar-refractivity contribution in [2.24, 2.45) is 0 Å². The number of urea groups is 1. The summed E-state index contributed by atoms with van der Waals surface area (Å²) in [5.74, 6) is -0.0265. The van der Waals surface area contributed by atoms with Crippen LogP contribution >= 0.6 is 0 Å². The van der Waals surface area contributed by atoms with E-state index in [9.17, 15) is 9.59 Å². The molecule has 2 aromatic carbocycles. The molecule has 1 aliphatic heterocycles. The van der Waals surface area contributed by atoms with Gasteiger partial charge in [-0.05, 0) is 36.2 Å². The molecule has 3 amide bonds. The number of amides is 3. The highest BCUT2D eigenvalue weighted by Crippen LogP contribution is 2.18. The summed E-state index contributed by atoms with van der Waals surface area (Å²) in [5.41, 5.74) is 2.84. The molecule has 6 heteroatoms. The van der Waals surface area contributed by atoms with Crippen LogP contribution in [0.4, 0.5) is 16.2 Å². The Morgan fingerprint density at radius 3 is 2.36 bits per heavy atom. The molecule has 28 heavy (non-hydrogen) atoms. The number of carbonyl (C=O) groups excluding carboxylic acids is 2. The Labute approximate surface area is 166 Å².